The Balaban J connectivity index is 1.90. The molecule has 14 heavy (non-hydrogen) atoms. The van der Waals surface area contributed by atoms with E-state index < -0.39 is 0 Å². The monoisotopic (exact) mass is 199 g/mol. The Bertz CT molecular complexity index is 167. The molecule has 0 aromatic rings. The number of piperidine rings is 1. The number of hydrogen-bond donors (Lipinski definition) is 3. The molecule has 0 aliphatic carbocycles. The van der Waals surface area contributed by atoms with E-state index in [-0.39, 0.29) is 5.91 Å². The number of carbonyl (C=O) groups is 1. The number of amides is 1. The third-order valence-corrected chi connectivity index (χ3v) is 2.51. The molecule has 1 unspecified atom stereocenters. The van der Waals surface area contributed by atoms with E-state index in [4.69, 9.17) is 0 Å². The summed E-state index contributed by atoms with van der Waals surface area (Å²) in [6.45, 7) is 6.51. The second-order valence-electron chi connectivity index (χ2n) is 3.90. The number of rotatable bonds is 5. The van der Waals surface area contributed by atoms with Crippen LogP contribution in [0.25, 0.3) is 0 Å². The molecule has 1 atom stereocenters. The lowest BCUT2D eigenvalue weighted by atomic mass is 10.00. The van der Waals surface area contributed by atoms with E-state index in [1.165, 1.54) is 19.4 Å². The molecule has 0 bridgehead atoms. The summed E-state index contributed by atoms with van der Waals surface area (Å²) in [4.78, 5) is 10.6. The summed E-state index contributed by atoms with van der Waals surface area (Å²) in [5.41, 5.74) is 0. The van der Waals surface area contributed by atoms with Gasteiger partial charge >= 0.3 is 0 Å². The van der Waals surface area contributed by atoms with Gasteiger partial charge in [0, 0.05) is 20.0 Å². The zero-order valence-corrected chi connectivity index (χ0v) is 8.94. The number of carbonyl (C=O) groups excluding carboxylic acids is 1. The largest absolute Gasteiger partial charge is 0.355 e. The van der Waals surface area contributed by atoms with Gasteiger partial charge in [-0.3, -0.25) is 4.79 Å². The summed E-state index contributed by atoms with van der Waals surface area (Å²) in [5, 5.41) is 9.51. The molecule has 0 aromatic carbocycles. The molecule has 0 spiro atoms. The second kappa shape index (κ2) is 6.79. The van der Waals surface area contributed by atoms with Crippen LogP contribution in [0.4, 0.5) is 0 Å². The molecule has 1 heterocycles. The lowest BCUT2D eigenvalue weighted by Crippen LogP contribution is -2.38. The van der Waals surface area contributed by atoms with Crippen LogP contribution in [0.15, 0.2) is 0 Å². The summed E-state index contributed by atoms with van der Waals surface area (Å²) >= 11 is 0. The lowest BCUT2D eigenvalue weighted by Gasteiger charge is -2.22. The lowest BCUT2D eigenvalue weighted by molar-refractivity contribution is -0.118. The van der Waals surface area contributed by atoms with Crippen LogP contribution in [0, 0.1) is 5.92 Å². The minimum atomic E-state index is 0.0473. The summed E-state index contributed by atoms with van der Waals surface area (Å²) in [7, 11) is 0. The van der Waals surface area contributed by atoms with Gasteiger partial charge in [-0.2, -0.15) is 0 Å². The minimum absolute atomic E-state index is 0.0473. The highest BCUT2D eigenvalue weighted by Crippen LogP contribution is 2.07. The topological polar surface area (TPSA) is 53.2 Å². The number of nitrogens with one attached hydrogen (secondary N) is 3. The van der Waals surface area contributed by atoms with Crippen molar-refractivity contribution >= 4 is 5.91 Å². The van der Waals surface area contributed by atoms with Crippen LogP contribution in [-0.2, 0) is 4.79 Å². The van der Waals surface area contributed by atoms with Gasteiger partial charge in [0.05, 0.1) is 0 Å². The fraction of sp³-hybridized carbons (Fsp3) is 0.900. The van der Waals surface area contributed by atoms with Crippen LogP contribution in [-0.4, -0.2) is 38.6 Å². The molecule has 82 valence electrons. The molecular weight excluding hydrogens is 178 g/mol. The Morgan fingerprint density at radius 1 is 1.50 bits per heavy atom. The van der Waals surface area contributed by atoms with E-state index in [1.807, 2.05) is 0 Å². The molecule has 0 saturated carbocycles. The van der Waals surface area contributed by atoms with Crippen LogP contribution in [0.3, 0.4) is 0 Å². The molecule has 4 nitrogen and oxygen atoms in total. The average molecular weight is 199 g/mol. The Morgan fingerprint density at radius 3 is 3.00 bits per heavy atom. The van der Waals surface area contributed by atoms with Crippen molar-refractivity contribution in [2.24, 2.45) is 5.92 Å². The molecule has 1 aliphatic rings. The van der Waals surface area contributed by atoms with Gasteiger partial charge < -0.3 is 16.0 Å². The molecule has 1 amide bonds. The summed E-state index contributed by atoms with van der Waals surface area (Å²) < 4.78 is 0. The predicted octanol–water partition coefficient (Wildman–Crippen LogP) is -0.288. The van der Waals surface area contributed by atoms with Crippen molar-refractivity contribution in [3.8, 4) is 0 Å². The van der Waals surface area contributed by atoms with Gasteiger partial charge in [0.25, 0.3) is 0 Å². The highest BCUT2D eigenvalue weighted by atomic mass is 16.1. The zero-order valence-electron chi connectivity index (χ0n) is 8.94. The molecule has 1 aliphatic heterocycles. The molecule has 1 saturated heterocycles. The van der Waals surface area contributed by atoms with E-state index in [0.29, 0.717) is 0 Å². The molecular formula is C10H21N3O. The van der Waals surface area contributed by atoms with Crippen molar-refractivity contribution in [1.29, 1.82) is 0 Å². The third kappa shape index (κ3) is 5.19. The molecule has 0 radical (unpaired) electrons. The first-order valence-electron chi connectivity index (χ1n) is 5.45. The minimum Gasteiger partial charge on any atom is -0.355 e. The Morgan fingerprint density at radius 2 is 2.36 bits per heavy atom. The molecule has 1 fully saturated rings. The first kappa shape index (κ1) is 11.5. The second-order valence-corrected chi connectivity index (χ2v) is 3.90. The van der Waals surface area contributed by atoms with Crippen LogP contribution in [0.5, 0.6) is 0 Å². The van der Waals surface area contributed by atoms with Gasteiger partial charge in [0.2, 0.25) is 5.91 Å². The van der Waals surface area contributed by atoms with E-state index in [9.17, 15) is 4.79 Å². The maximum Gasteiger partial charge on any atom is 0.216 e. The van der Waals surface area contributed by atoms with E-state index >= 15 is 0 Å². The van der Waals surface area contributed by atoms with Crippen molar-refractivity contribution in [2.45, 2.75) is 19.8 Å². The van der Waals surface area contributed by atoms with Crippen LogP contribution >= 0.6 is 0 Å². The first-order chi connectivity index (χ1) is 6.79. The first-order valence-corrected chi connectivity index (χ1v) is 5.45. The molecule has 4 heteroatoms. The quantitative estimate of drug-likeness (QED) is 0.533. The smallest absolute Gasteiger partial charge is 0.216 e. The average Bonchev–Trinajstić information content (AvgIpc) is 2.18. The standard InChI is InChI=1S/C10H21N3O/c1-9(14)13-6-5-12-8-10-3-2-4-11-7-10/h10-12H,2-8H2,1H3,(H,13,14). The van der Waals surface area contributed by atoms with Crippen molar-refractivity contribution in [2.75, 3.05) is 32.7 Å². The molecule has 1 rings (SSSR count). The molecule has 3 N–H and O–H groups in total. The molecule has 0 aromatic heterocycles. The van der Waals surface area contributed by atoms with Crippen LogP contribution < -0.4 is 16.0 Å². The van der Waals surface area contributed by atoms with Gasteiger partial charge in [-0.25, -0.2) is 0 Å². The maximum absolute atomic E-state index is 10.6. The fourth-order valence-electron chi connectivity index (χ4n) is 1.73. The van der Waals surface area contributed by atoms with Gasteiger partial charge in [-0.15, -0.1) is 0 Å². The SMILES string of the molecule is CC(=O)NCCNCC1CCCNC1. The fourth-order valence-corrected chi connectivity index (χ4v) is 1.73. The van der Waals surface area contributed by atoms with Gasteiger partial charge in [0.1, 0.15) is 0 Å². The van der Waals surface area contributed by atoms with Crippen molar-refractivity contribution in [3.63, 3.8) is 0 Å². The van der Waals surface area contributed by atoms with Crippen molar-refractivity contribution < 1.29 is 4.79 Å². The zero-order chi connectivity index (χ0) is 10.2. The summed E-state index contributed by atoms with van der Waals surface area (Å²) in [5.74, 6) is 0.812. The van der Waals surface area contributed by atoms with Gasteiger partial charge in [0.15, 0.2) is 0 Å². The summed E-state index contributed by atoms with van der Waals surface area (Å²) in [6.07, 6.45) is 2.61. The van der Waals surface area contributed by atoms with E-state index in [2.05, 4.69) is 16.0 Å². The van der Waals surface area contributed by atoms with Crippen LogP contribution in [0.2, 0.25) is 0 Å². The Labute approximate surface area is 85.8 Å². The van der Waals surface area contributed by atoms with Crippen LogP contribution in [0.1, 0.15) is 19.8 Å². The van der Waals surface area contributed by atoms with Crippen molar-refractivity contribution in [1.82, 2.24) is 16.0 Å². The van der Waals surface area contributed by atoms with Crippen molar-refractivity contribution in [3.05, 3.63) is 0 Å². The predicted molar refractivity (Wildman–Crippen MR) is 57.1 cm³/mol. The van der Waals surface area contributed by atoms with Gasteiger partial charge in [-0.05, 0) is 38.4 Å². The summed E-state index contributed by atoms with van der Waals surface area (Å²) in [6, 6.07) is 0. The normalized spacial score (nSPS) is 21.9. The third-order valence-electron chi connectivity index (χ3n) is 2.51. The Kier molecular flexibility index (Phi) is 5.56. The van der Waals surface area contributed by atoms with E-state index in [1.54, 1.807) is 6.92 Å². The van der Waals surface area contributed by atoms with E-state index in [0.717, 1.165) is 32.1 Å². The Hall–Kier alpha value is -0.610. The highest BCUT2D eigenvalue weighted by Gasteiger charge is 2.11. The van der Waals surface area contributed by atoms with Gasteiger partial charge in [-0.1, -0.05) is 0 Å². The maximum atomic E-state index is 10.6. The number of hydrogen-bond acceptors (Lipinski definition) is 3. The highest BCUT2D eigenvalue weighted by molar-refractivity contribution is 5.72.